The Kier molecular flexibility index (Phi) is 6.65. The van der Waals surface area contributed by atoms with E-state index in [4.69, 9.17) is 5.11 Å². The summed E-state index contributed by atoms with van der Waals surface area (Å²) in [6.45, 7) is 9.68. The second-order valence-electron chi connectivity index (χ2n) is 6.67. The first-order chi connectivity index (χ1) is 8.53. The zero-order valence-electron chi connectivity index (χ0n) is 12.8. The van der Waals surface area contributed by atoms with Crippen molar-refractivity contribution in [2.45, 2.75) is 84.7 Å². The average Bonchev–Trinajstić information content (AvgIpc) is 2.39. The largest absolute Gasteiger partial charge is 0.396 e. The predicted octanol–water partition coefficient (Wildman–Crippen LogP) is 3.73. The van der Waals surface area contributed by atoms with Crippen molar-refractivity contribution in [2.24, 2.45) is 11.3 Å². The molecule has 1 saturated carbocycles. The van der Waals surface area contributed by atoms with Crippen molar-refractivity contribution in [3.05, 3.63) is 0 Å². The van der Waals surface area contributed by atoms with Crippen LogP contribution in [0, 0.1) is 11.3 Å². The summed E-state index contributed by atoms with van der Waals surface area (Å²) >= 11 is 0. The van der Waals surface area contributed by atoms with Crippen LogP contribution in [0.3, 0.4) is 0 Å². The molecule has 1 fully saturated rings. The highest BCUT2D eigenvalue weighted by Gasteiger charge is 2.32. The van der Waals surface area contributed by atoms with Gasteiger partial charge in [0.25, 0.3) is 0 Å². The molecule has 0 bridgehead atoms. The Morgan fingerprint density at radius 2 is 1.78 bits per heavy atom. The summed E-state index contributed by atoms with van der Waals surface area (Å²) in [5.41, 5.74) is 0.514. The van der Waals surface area contributed by atoms with E-state index in [1.165, 1.54) is 32.1 Å². The highest BCUT2D eigenvalue weighted by molar-refractivity contribution is 4.86. The van der Waals surface area contributed by atoms with Crippen molar-refractivity contribution >= 4 is 0 Å². The molecule has 1 aliphatic rings. The van der Waals surface area contributed by atoms with Crippen LogP contribution in [-0.2, 0) is 0 Å². The Hall–Kier alpha value is -0.0800. The Labute approximate surface area is 114 Å². The average molecular weight is 255 g/mol. The topological polar surface area (TPSA) is 32.3 Å². The minimum absolute atomic E-state index is 0.309. The third kappa shape index (κ3) is 4.55. The van der Waals surface area contributed by atoms with Crippen LogP contribution in [0.25, 0.3) is 0 Å². The maximum absolute atomic E-state index is 9.04. The summed E-state index contributed by atoms with van der Waals surface area (Å²) in [5, 5.41) is 12.8. The van der Waals surface area contributed by atoms with Gasteiger partial charge in [0.1, 0.15) is 0 Å². The third-order valence-corrected chi connectivity index (χ3v) is 5.19. The van der Waals surface area contributed by atoms with E-state index in [9.17, 15) is 0 Å². The van der Waals surface area contributed by atoms with Crippen molar-refractivity contribution < 1.29 is 5.11 Å². The molecule has 0 amide bonds. The molecule has 0 saturated heterocycles. The smallest absolute Gasteiger partial charge is 0.0445 e. The molecular formula is C16H33NO. The quantitative estimate of drug-likeness (QED) is 0.726. The number of hydrogen-bond donors (Lipinski definition) is 2. The summed E-state index contributed by atoms with van der Waals surface area (Å²) in [5.74, 6) is 0.901. The highest BCUT2D eigenvalue weighted by Crippen LogP contribution is 2.40. The van der Waals surface area contributed by atoms with E-state index in [0.717, 1.165) is 18.8 Å². The molecule has 1 aliphatic carbocycles. The van der Waals surface area contributed by atoms with E-state index < -0.39 is 0 Å². The zero-order chi connectivity index (χ0) is 13.6. The molecule has 1 rings (SSSR count). The van der Waals surface area contributed by atoms with E-state index in [2.05, 4.69) is 33.0 Å². The van der Waals surface area contributed by atoms with Gasteiger partial charge in [0.05, 0.1) is 0 Å². The van der Waals surface area contributed by atoms with Gasteiger partial charge in [0.15, 0.2) is 0 Å². The number of rotatable bonds is 7. The fraction of sp³-hybridized carbons (Fsp3) is 1.00. The van der Waals surface area contributed by atoms with E-state index >= 15 is 0 Å². The minimum atomic E-state index is 0.309. The second kappa shape index (κ2) is 7.49. The van der Waals surface area contributed by atoms with Gasteiger partial charge in [-0.05, 0) is 49.9 Å². The summed E-state index contributed by atoms with van der Waals surface area (Å²) in [6, 6.07) is 1.20. The van der Waals surface area contributed by atoms with Gasteiger partial charge in [0, 0.05) is 18.7 Å². The lowest BCUT2D eigenvalue weighted by Crippen LogP contribution is -2.42. The summed E-state index contributed by atoms with van der Waals surface area (Å²) in [6.07, 6.45) is 8.68. The molecule has 2 N–H and O–H groups in total. The standard InChI is InChI=1S/C16H33NO/c1-5-14(11-12-18)17-15-9-7-13(8-10-15)16(3,4)6-2/h13-15,17-18H,5-12H2,1-4H3. The van der Waals surface area contributed by atoms with Crippen LogP contribution in [0.1, 0.15) is 72.6 Å². The molecule has 108 valence electrons. The first-order valence-corrected chi connectivity index (χ1v) is 7.90. The van der Waals surface area contributed by atoms with Crippen molar-refractivity contribution in [1.29, 1.82) is 0 Å². The molecule has 0 spiro atoms. The van der Waals surface area contributed by atoms with Crippen LogP contribution in [0.2, 0.25) is 0 Å². The Bertz CT molecular complexity index is 219. The zero-order valence-corrected chi connectivity index (χ0v) is 12.8. The van der Waals surface area contributed by atoms with Crippen LogP contribution < -0.4 is 5.32 Å². The summed E-state index contributed by atoms with van der Waals surface area (Å²) in [7, 11) is 0. The van der Waals surface area contributed by atoms with Crippen LogP contribution in [0.4, 0.5) is 0 Å². The van der Waals surface area contributed by atoms with Gasteiger partial charge in [0.2, 0.25) is 0 Å². The van der Waals surface area contributed by atoms with Gasteiger partial charge < -0.3 is 10.4 Å². The fourth-order valence-corrected chi connectivity index (χ4v) is 3.22. The van der Waals surface area contributed by atoms with Crippen LogP contribution >= 0.6 is 0 Å². The van der Waals surface area contributed by atoms with E-state index in [1.54, 1.807) is 0 Å². The summed E-state index contributed by atoms with van der Waals surface area (Å²) < 4.78 is 0. The lowest BCUT2D eigenvalue weighted by atomic mass is 9.69. The first kappa shape index (κ1) is 16.0. The molecule has 0 aromatic heterocycles. The second-order valence-corrected chi connectivity index (χ2v) is 6.67. The SMILES string of the molecule is CCC(CCO)NC1CCC(C(C)(C)CC)CC1. The number of hydrogen-bond acceptors (Lipinski definition) is 2. The monoisotopic (exact) mass is 255 g/mol. The van der Waals surface area contributed by atoms with E-state index in [0.29, 0.717) is 24.1 Å². The van der Waals surface area contributed by atoms with Crippen LogP contribution in [0.15, 0.2) is 0 Å². The molecule has 0 aromatic carbocycles. The predicted molar refractivity (Wildman–Crippen MR) is 78.7 cm³/mol. The van der Waals surface area contributed by atoms with Crippen LogP contribution in [0.5, 0.6) is 0 Å². The maximum atomic E-state index is 9.04. The molecule has 1 atom stereocenters. The van der Waals surface area contributed by atoms with E-state index in [-0.39, 0.29) is 0 Å². The van der Waals surface area contributed by atoms with Crippen molar-refractivity contribution in [3.8, 4) is 0 Å². The number of aliphatic hydroxyl groups excluding tert-OH is 1. The lowest BCUT2D eigenvalue weighted by molar-refractivity contribution is 0.131. The van der Waals surface area contributed by atoms with Crippen molar-refractivity contribution in [2.75, 3.05) is 6.61 Å². The van der Waals surface area contributed by atoms with Crippen molar-refractivity contribution in [1.82, 2.24) is 5.32 Å². The molecular weight excluding hydrogens is 222 g/mol. The normalized spacial score (nSPS) is 27.2. The molecule has 18 heavy (non-hydrogen) atoms. The van der Waals surface area contributed by atoms with Gasteiger partial charge in [-0.3, -0.25) is 0 Å². The van der Waals surface area contributed by atoms with Crippen molar-refractivity contribution in [3.63, 3.8) is 0 Å². The number of nitrogens with one attached hydrogen (secondary N) is 1. The first-order valence-electron chi connectivity index (χ1n) is 7.90. The third-order valence-electron chi connectivity index (χ3n) is 5.19. The Balaban J connectivity index is 2.35. The van der Waals surface area contributed by atoms with Crippen LogP contribution in [-0.4, -0.2) is 23.8 Å². The van der Waals surface area contributed by atoms with Gasteiger partial charge in [-0.15, -0.1) is 0 Å². The fourth-order valence-electron chi connectivity index (χ4n) is 3.22. The molecule has 0 aromatic rings. The highest BCUT2D eigenvalue weighted by atomic mass is 16.3. The van der Waals surface area contributed by atoms with E-state index in [1.807, 2.05) is 0 Å². The van der Waals surface area contributed by atoms with Gasteiger partial charge in [-0.1, -0.05) is 34.1 Å². The van der Waals surface area contributed by atoms with Gasteiger partial charge in [-0.2, -0.15) is 0 Å². The minimum Gasteiger partial charge on any atom is -0.396 e. The lowest BCUT2D eigenvalue weighted by Gasteiger charge is -2.40. The summed E-state index contributed by atoms with van der Waals surface area (Å²) in [4.78, 5) is 0. The molecule has 2 nitrogen and oxygen atoms in total. The molecule has 1 unspecified atom stereocenters. The molecule has 0 aliphatic heterocycles. The molecule has 0 radical (unpaired) electrons. The number of aliphatic hydroxyl groups is 1. The molecule has 0 heterocycles. The maximum Gasteiger partial charge on any atom is 0.0445 e. The molecule has 2 heteroatoms. The van der Waals surface area contributed by atoms with Gasteiger partial charge >= 0.3 is 0 Å². The van der Waals surface area contributed by atoms with Gasteiger partial charge in [-0.25, -0.2) is 0 Å². The Morgan fingerprint density at radius 3 is 2.22 bits per heavy atom. The Morgan fingerprint density at radius 1 is 1.17 bits per heavy atom.